The highest BCUT2D eigenvalue weighted by Gasteiger charge is 2.47. The smallest absolute Gasteiger partial charge is 0.290 e. The summed E-state index contributed by atoms with van der Waals surface area (Å²) in [5.41, 5.74) is 7.12. The molecule has 32 heavy (non-hydrogen) atoms. The number of amides is 1. The number of rotatable bonds is 7. The standard InChI is InChI=1S/C23H31ClN4O4/c1-14-18(15(2)26-25-14)21(29)19-20(16-4-6-17(24)7-5-16)28(23(31)22(19)30)9-3-8-27-10-12-32-13-11-27/h4-7,14-15,18,20,25-26,30H,3,8-13H2,1-2H3. The molecule has 0 spiro atoms. The van der Waals surface area contributed by atoms with Gasteiger partial charge in [-0.2, -0.15) is 0 Å². The van der Waals surface area contributed by atoms with Crippen molar-refractivity contribution in [1.82, 2.24) is 20.7 Å². The van der Waals surface area contributed by atoms with Gasteiger partial charge in [0, 0.05) is 43.3 Å². The maximum absolute atomic E-state index is 13.6. The second-order valence-corrected chi connectivity index (χ2v) is 9.21. The highest BCUT2D eigenvalue weighted by molar-refractivity contribution is 6.30. The second-order valence-electron chi connectivity index (χ2n) is 8.78. The van der Waals surface area contributed by atoms with Crippen LogP contribution in [0.25, 0.3) is 0 Å². The van der Waals surface area contributed by atoms with E-state index in [1.165, 1.54) is 0 Å². The second kappa shape index (κ2) is 9.89. The minimum Gasteiger partial charge on any atom is -0.503 e. The number of morpholine rings is 1. The molecule has 1 aromatic rings. The van der Waals surface area contributed by atoms with Gasteiger partial charge in [-0.15, -0.1) is 0 Å². The van der Waals surface area contributed by atoms with E-state index in [0.717, 1.165) is 44.8 Å². The van der Waals surface area contributed by atoms with E-state index >= 15 is 0 Å². The zero-order chi connectivity index (χ0) is 22.8. The molecule has 2 saturated heterocycles. The number of hydrogen-bond acceptors (Lipinski definition) is 7. The third-order valence-corrected chi connectivity index (χ3v) is 6.90. The van der Waals surface area contributed by atoms with E-state index in [0.29, 0.717) is 11.6 Å². The summed E-state index contributed by atoms with van der Waals surface area (Å²) in [6.07, 6.45) is 0.740. The lowest BCUT2D eigenvalue weighted by atomic mass is 9.84. The summed E-state index contributed by atoms with van der Waals surface area (Å²) in [5, 5.41) is 11.4. The quantitative estimate of drug-likeness (QED) is 0.569. The third-order valence-electron chi connectivity index (χ3n) is 6.65. The van der Waals surface area contributed by atoms with Gasteiger partial charge in [0.15, 0.2) is 11.5 Å². The topological polar surface area (TPSA) is 94.1 Å². The van der Waals surface area contributed by atoms with Crippen molar-refractivity contribution in [2.24, 2.45) is 5.92 Å². The van der Waals surface area contributed by atoms with Crippen LogP contribution in [0.5, 0.6) is 0 Å². The van der Waals surface area contributed by atoms with Gasteiger partial charge in [0.1, 0.15) is 0 Å². The fraction of sp³-hybridized carbons (Fsp3) is 0.565. The largest absolute Gasteiger partial charge is 0.503 e. The summed E-state index contributed by atoms with van der Waals surface area (Å²) >= 11 is 6.08. The number of carbonyl (C=O) groups is 2. The first kappa shape index (κ1) is 23.2. The molecule has 1 amide bonds. The molecule has 3 N–H and O–H groups in total. The number of Topliss-reactive ketones (excluding diaryl/α,β-unsaturated/α-hetero) is 1. The van der Waals surface area contributed by atoms with E-state index < -0.39 is 17.7 Å². The molecule has 0 aliphatic carbocycles. The van der Waals surface area contributed by atoms with Gasteiger partial charge in [-0.1, -0.05) is 23.7 Å². The van der Waals surface area contributed by atoms with Gasteiger partial charge in [-0.25, -0.2) is 0 Å². The van der Waals surface area contributed by atoms with Crippen LogP contribution in [-0.2, 0) is 14.3 Å². The predicted octanol–water partition coefficient (Wildman–Crippen LogP) is 1.83. The summed E-state index contributed by atoms with van der Waals surface area (Å²) in [5.74, 6) is -1.52. The van der Waals surface area contributed by atoms with Crippen molar-refractivity contribution in [3.05, 3.63) is 46.2 Å². The molecule has 3 aliphatic heterocycles. The van der Waals surface area contributed by atoms with Crippen molar-refractivity contribution >= 4 is 23.3 Å². The molecule has 1 aromatic carbocycles. The zero-order valence-corrected chi connectivity index (χ0v) is 19.3. The van der Waals surface area contributed by atoms with Crippen LogP contribution in [0.15, 0.2) is 35.6 Å². The summed E-state index contributed by atoms with van der Waals surface area (Å²) in [6, 6.07) is 6.27. The average molecular weight is 463 g/mol. The number of halogens is 1. The maximum Gasteiger partial charge on any atom is 0.290 e. The van der Waals surface area contributed by atoms with Crippen LogP contribution >= 0.6 is 11.6 Å². The Bertz CT molecular complexity index is 874. The number of nitrogens with one attached hydrogen (secondary N) is 2. The number of benzene rings is 1. The Labute approximate surface area is 193 Å². The number of carbonyl (C=O) groups excluding carboxylic acids is 2. The molecular weight excluding hydrogens is 432 g/mol. The number of ether oxygens (including phenoxy) is 1. The normalized spacial score (nSPS) is 29.2. The lowest BCUT2D eigenvalue weighted by molar-refractivity contribution is -0.129. The SMILES string of the molecule is CC1NNC(C)C1C(=O)C1=C(O)C(=O)N(CCCN2CCOCC2)C1c1ccc(Cl)cc1. The Balaban J connectivity index is 1.59. The van der Waals surface area contributed by atoms with Crippen LogP contribution in [0.3, 0.4) is 0 Å². The molecular formula is C23H31ClN4O4. The number of hydrazine groups is 1. The average Bonchev–Trinajstić information content (AvgIpc) is 3.25. The molecule has 3 aliphatic rings. The molecule has 3 atom stereocenters. The first-order valence-corrected chi connectivity index (χ1v) is 11.6. The van der Waals surface area contributed by atoms with Gasteiger partial charge in [-0.05, 0) is 38.0 Å². The molecule has 2 fully saturated rings. The molecule has 4 rings (SSSR count). The first-order chi connectivity index (χ1) is 15.4. The van der Waals surface area contributed by atoms with Gasteiger partial charge >= 0.3 is 0 Å². The molecule has 8 nitrogen and oxygen atoms in total. The van der Waals surface area contributed by atoms with Gasteiger partial charge in [0.2, 0.25) is 0 Å². The van der Waals surface area contributed by atoms with Crippen molar-refractivity contribution in [2.45, 2.75) is 38.4 Å². The predicted molar refractivity (Wildman–Crippen MR) is 121 cm³/mol. The van der Waals surface area contributed by atoms with Crippen molar-refractivity contribution in [2.75, 3.05) is 39.4 Å². The Kier molecular flexibility index (Phi) is 7.17. The molecule has 9 heteroatoms. The Morgan fingerprint density at radius 2 is 1.75 bits per heavy atom. The van der Waals surface area contributed by atoms with Crippen molar-refractivity contribution < 1.29 is 19.4 Å². The van der Waals surface area contributed by atoms with Crippen LogP contribution < -0.4 is 10.9 Å². The summed E-state index contributed by atoms with van der Waals surface area (Å²) < 4.78 is 5.40. The van der Waals surface area contributed by atoms with Gasteiger partial charge < -0.3 is 14.7 Å². The van der Waals surface area contributed by atoms with Crippen LogP contribution in [0.1, 0.15) is 31.9 Å². The van der Waals surface area contributed by atoms with Gasteiger partial charge in [-0.3, -0.25) is 25.3 Å². The van der Waals surface area contributed by atoms with Crippen LogP contribution in [-0.4, -0.2) is 78.1 Å². The van der Waals surface area contributed by atoms with Crippen molar-refractivity contribution in [3.63, 3.8) is 0 Å². The number of hydrogen-bond donors (Lipinski definition) is 3. The molecule has 0 bridgehead atoms. The van der Waals surface area contributed by atoms with Gasteiger partial charge in [0.25, 0.3) is 5.91 Å². The highest BCUT2D eigenvalue weighted by atomic mass is 35.5. The fourth-order valence-corrected chi connectivity index (χ4v) is 5.05. The molecule has 3 unspecified atom stereocenters. The summed E-state index contributed by atoms with van der Waals surface area (Å²) in [7, 11) is 0. The summed E-state index contributed by atoms with van der Waals surface area (Å²) in [6.45, 7) is 8.30. The van der Waals surface area contributed by atoms with E-state index in [9.17, 15) is 14.7 Å². The number of aliphatic hydroxyl groups is 1. The monoisotopic (exact) mass is 462 g/mol. The van der Waals surface area contributed by atoms with E-state index in [1.54, 1.807) is 17.0 Å². The van der Waals surface area contributed by atoms with Gasteiger partial charge in [0.05, 0.1) is 30.7 Å². The molecule has 0 radical (unpaired) electrons. The molecule has 3 heterocycles. The van der Waals surface area contributed by atoms with Crippen LogP contribution in [0.4, 0.5) is 0 Å². The minimum atomic E-state index is -0.628. The minimum absolute atomic E-state index is 0.117. The van der Waals surface area contributed by atoms with Crippen molar-refractivity contribution in [1.29, 1.82) is 0 Å². The Hall–Kier alpha value is -1.97. The maximum atomic E-state index is 13.6. The number of aliphatic hydroxyl groups excluding tert-OH is 1. The van der Waals surface area contributed by atoms with Crippen molar-refractivity contribution in [3.8, 4) is 0 Å². The fourth-order valence-electron chi connectivity index (χ4n) is 4.93. The van der Waals surface area contributed by atoms with E-state index in [-0.39, 0.29) is 29.4 Å². The first-order valence-electron chi connectivity index (χ1n) is 11.2. The van der Waals surface area contributed by atoms with E-state index in [1.807, 2.05) is 26.0 Å². The number of nitrogens with zero attached hydrogens (tertiary/aromatic N) is 2. The van der Waals surface area contributed by atoms with E-state index in [2.05, 4.69) is 15.8 Å². The lowest BCUT2D eigenvalue weighted by Crippen LogP contribution is -2.39. The van der Waals surface area contributed by atoms with Crippen LogP contribution in [0, 0.1) is 5.92 Å². The Morgan fingerprint density at radius 3 is 2.38 bits per heavy atom. The Morgan fingerprint density at radius 1 is 1.12 bits per heavy atom. The van der Waals surface area contributed by atoms with Crippen LogP contribution in [0.2, 0.25) is 5.02 Å². The molecule has 174 valence electrons. The molecule has 0 saturated carbocycles. The zero-order valence-electron chi connectivity index (χ0n) is 18.5. The molecule has 0 aromatic heterocycles. The number of ketones is 1. The third kappa shape index (κ3) is 4.56. The van der Waals surface area contributed by atoms with E-state index in [4.69, 9.17) is 16.3 Å². The highest BCUT2D eigenvalue weighted by Crippen LogP contribution is 2.40. The lowest BCUT2D eigenvalue weighted by Gasteiger charge is -2.30. The summed E-state index contributed by atoms with van der Waals surface area (Å²) in [4.78, 5) is 30.7.